The van der Waals surface area contributed by atoms with Crippen molar-refractivity contribution in [1.29, 1.82) is 0 Å². The van der Waals surface area contributed by atoms with E-state index in [4.69, 9.17) is 34.8 Å². The first-order valence-electron chi connectivity index (χ1n) is 5.19. The van der Waals surface area contributed by atoms with Crippen LogP contribution in [0.1, 0.15) is 5.56 Å². The normalized spacial score (nSPS) is 10.4. The molecule has 0 amide bonds. The summed E-state index contributed by atoms with van der Waals surface area (Å²) in [5, 5.41) is 4.58. The summed E-state index contributed by atoms with van der Waals surface area (Å²) in [5.74, 6) is -0.308. The molecule has 18 heavy (non-hydrogen) atoms. The molecule has 0 aliphatic carbocycles. The van der Waals surface area contributed by atoms with E-state index < -0.39 is 0 Å². The zero-order valence-electron chi connectivity index (χ0n) is 9.18. The topological polar surface area (TPSA) is 12.0 Å². The van der Waals surface area contributed by atoms with Gasteiger partial charge in [-0.3, -0.25) is 0 Å². The smallest absolute Gasteiger partial charge is 0.128 e. The predicted octanol–water partition coefficient (Wildman–Crippen LogP) is 5.40. The molecule has 1 nitrogen and oxygen atoms in total. The third-order valence-electron chi connectivity index (χ3n) is 2.41. The highest BCUT2D eigenvalue weighted by Gasteiger charge is 2.05. The summed E-state index contributed by atoms with van der Waals surface area (Å²) in [6.07, 6.45) is 0. The first-order chi connectivity index (χ1) is 8.56. The molecule has 0 spiro atoms. The Morgan fingerprint density at radius 1 is 0.944 bits per heavy atom. The summed E-state index contributed by atoms with van der Waals surface area (Å²) in [5.41, 5.74) is 1.17. The van der Waals surface area contributed by atoms with Crippen molar-refractivity contribution in [3.8, 4) is 0 Å². The predicted molar refractivity (Wildman–Crippen MR) is 75.2 cm³/mol. The van der Waals surface area contributed by atoms with Gasteiger partial charge in [0.2, 0.25) is 0 Å². The van der Waals surface area contributed by atoms with Crippen LogP contribution in [-0.2, 0) is 6.54 Å². The van der Waals surface area contributed by atoms with Crippen LogP contribution in [0.5, 0.6) is 0 Å². The van der Waals surface area contributed by atoms with Crippen LogP contribution in [0, 0.1) is 5.82 Å². The molecule has 0 atom stereocenters. The Kier molecular flexibility index (Phi) is 4.33. The van der Waals surface area contributed by atoms with Gasteiger partial charge in [-0.15, -0.1) is 0 Å². The van der Waals surface area contributed by atoms with Gasteiger partial charge < -0.3 is 5.32 Å². The van der Waals surface area contributed by atoms with Crippen LogP contribution in [0.3, 0.4) is 0 Å². The van der Waals surface area contributed by atoms with Crippen molar-refractivity contribution in [1.82, 2.24) is 0 Å². The van der Waals surface area contributed by atoms with E-state index in [0.29, 0.717) is 32.9 Å². The average molecular weight is 305 g/mol. The van der Waals surface area contributed by atoms with Gasteiger partial charge in [0.25, 0.3) is 0 Å². The molecule has 0 saturated heterocycles. The fourth-order valence-corrected chi connectivity index (χ4v) is 2.17. The summed E-state index contributed by atoms with van der Waals surface area (Å²) in [6.45, 7) is 0.299. The zero-order chi connectivity index (χ0) is 13.1. The number of hydrogen-bond acceptors (Lipinski definition) is 1. The van der Waals surface area contributed by atoms with Gasteiger partial charge in [0.15, 0.2) is 0 Å². The SMILES string of the molecule is Fc1ccc(Cl)cc1CNc1ccc(Cl)cc1Cl. The van der Waals surface area contributed by atoms with Crippen molar-refractivity contribution in [2.75, 3.05) is 5.32 Å². The second-order valence-electron chi connectivity index (χ2n) is 3.71. The molecule has 0 bridgehead atoms. The fourth-order valence-electron chi connectivity index (χ4n) is 1.50. The first kappa shape index (κ1) is 13.5. The van der Waals surface area contributed by atoms with Gasteiger partial charge in [0.1, 0.15) is 5.82 Å². The van der Waals surface area contributed by atoms with E-state index in [1.165, 1.54) is 12.1 Å². The summed E-state index contributed by atoms with van der Waals surface area (Å²) in [7, 11) is 0. The number of rotatable bonds is 3. The van der Waals surface area contributed by atoms with Gasteiger partial charge in [-0.1, -0.05) is 34.8 Å². The third-order valence-corrected chi connectivity index (χ3v) is 3.19. The number of anilines is 1. The Hall–Kier alpha value is -0.960. The lowest BCUT2D eigenvalue weighted by atomic mass is 10.2. The molecule has 0 fully saturated rings. The van der Waals surface area contributed by atoms with Crippen LogP contribution in [0.4, 0.5) is 10.1 Å². The Morgan fingerprint density at radius 2 is 1.61 bits per heavy atom. The quantitative estimate of drug-likeness (QED) is 0.800. The molecule has 2 aromatic rings. The minimum atomic E-state index is -0.308. The molecular weight excluding hydrogens is 296 g/mol. The number of hydrogen-bond donors (Lipinski definition) is 1. The van der Waals surface area contributed by atoms with Crippen LogP contribution in [0.15, 0.2) is 36.4 Å². The highest BCUT2D eigenvalue weighted by atomic mass is 35.5. The van der Waals surface area contributed by atoms with Crippen molar-refractivity contribution in [3.05, 3.63) is 62.8 Å². The van der Waals surface area contributed by atoms with E-state index in [1.807, 2.05) is 0 Å². The van der Waals surface area contributed by atoms with E-state index in [0.717, 1.165) is 0 Å². The van der Waals surface area contributed by atoms with E-state index in [1.54, 1.807) is 24.3 Å². The lowest BCUT2D eigenvalue weighted by Crippen LogP contribution is -2.02. The molecule has 2 rings (SSSR count). The molecule has 0 aromatic heterocycles. The van der Waals surface area contributed by atoms with Gasteiger partial charge in [-0.2, -0.15) is 0 Å². The second kappa shape index (κ2) is 5.79. The van der Waals surface area contributed by atoms with Crippen molar-refractivity contribution in [2.24, 2.45) is 0 Å². The summed E-state index contributed by atoms with van der Waals surface area (Å²) < 4.78 is 13.5. The fraction of sp³-hybridized carbons (Fsp3) is 0.0769. The van der Waals surface area contributed by atoms with Crippen molar-refractivity contribution in [3.63, 3.8) is 0 Å². The Bertz CT molecular complexity index is 572. The molecule has 1 N–H and O–H groups in total. The molecule has 0 saturated carbocycles. The molecule has 0 unspecified atom stereocenters. The van der Waals surface area contributed by atoms with Crippen molar-refractivity contribution in [2.45, 2.75) is 6.54 Å². The van der Waals surface area contributed by atoms with Crippen LogP contribution < -0.4 is 5.32 Å². The molecular formula is C13H9Cl3FN. The molecule has 5 heteroatoms. The summed E-state index contributed by atoms with van der Waals surface area (Å²) in [4.78, 5) is 0. The standard InChI is InChI=1S/C13H9Cl3FN/c14-9-1-3-12(17)8(5-9)7-18-13-4-2-10(15)6-11(13)16/h1-6,18H,7H2. The lowest BCUT2D eigenvalue weighted by Gasteiger charge is -2.09. The highest BCUT2D eigenvalue weighted by Crippen LogP contribution is 2.26. The monoisotopic (exact) mass is 303 g/mol. The van der Waals surface area contributed by atoms with Crippen LogP contribution >= 0.6 is 34.8 Å². The Balaban J connectivity index is 2.13. The average Bonchev–Trinajstić information content (AvgIpc) is 2.32. The largest absolute Gasteiger partial charge is 0.380 e. The Morgan fingerprint density at radius 3 is 2.33 bits per heavy atom. The molecule has 0 aliphatic rings. The van der Waals surface area contributed by atoms with E-state index in [2.05, 4.69) is 5.32 Å². The van der Waals surface area contributed by atoms with Gasteiger partial charge >= 0.3 is 0 Å². The number of benzene rings is 2. The highest BCUT2D eigenvalue weighted by molar-refractivity contribution is 6.36. The van der Waals surface area contributed by atoms with Crippen molar-refractivity contribution < 1.29 is 4.39 Å². The van der Waals surface area contributed by atoms with Crippen LogP contribution in [-0.4, -0.2) is 0 Å². The van der Waals surface area contributed by atoms with Gasteiger partial charge in [-0.05, 0) is 36.4 Å². The van der Waals surface area contributed by atoms with E-state index >= 15 is 0 Å². The van der Waals surface area contributed by atoms with Crippen LogP contribution in [0.2, 0.25) is 15.1 Å². The Labute approximate surface area is 119 Å². The van der Waals surface area contributed by atoms with Crippen molar-refractivity contribution >= 4 is 40.5 Å². The molecule has 0 radical (unpaired) electrons. The maximum atomic E-state index is 13.5. The molecule has 0 aliphatic heterocycles. The second-order valence-corrected chi connectivity index (χ2v) is 4.99. The maximum absolute atomic E-state index is 13.5. The minimum absolute atomic E-state index is 0.299. The maximum Gasteiger partial charge on any atom is 0.128 e. The van der Waals surface area contributed by atoms with E-state index in [-0.39, 0.29) is 5.82 Å². The molecule has 0 heterocycles. The molecule has 2 aromatic carbocycles. The molecule has 94 valence electrons. The van der Waals surface area contributed by atoms with E-state index in [9.17, 15) is 4.39 Å². The minimum Gasteiger partial charge on any atom is -0.380 e. The number of halogens is 4. The van der Waals surface area contributed by atoms with Gasteiger partial charge in [0.05, 0.1) is 10.7 Å². The van der Waals surface area contributed by atoms with Gasteiger partial charge in [-0.25, -0.2) is 4.39 Å². The van der Waals surface area contributed by atoms with Gasteiger partial charge in [0, 0.05) is 22.2 Å². The first-order valence-corrected chi connectivity index (χ1v) is 6.32. The number of nitrogens with one attached hydrogen (secondary N) is 1. The third kappa shape index (κ3) is 3.29. The lowest BCUT2D eigenvalue weighted by molar-refractivity contribution is 0.613. The van der Waals surface area contributed by atoms with Crippen LogP contribution in [0.25, 0.3) is 0 Å². The zero-order valence-corrected chi connectivity index (χ0v) is 11.5. The summed E-state index contributed by atoms with van der Waals surface area (Å²) >= 11 is 17.6. The summed E-state index contributed by atoms with van der Waals surface area (Å²) in [6, 6.07) is 9.50.